The van der Waals surface area contributed by atoms with Gasteiger partial charge in [0.15, 0.2) is 0 Å². The predicted molar refractivity (Wildman–Crippen MR) is 45.0 cm³/mol. The van der Waals surface area contributed by atoms with Crippen molar-refractivity contribution in [2.45, 2.75) is 6.61 Å². The Kier molecular flexibility index (Phi) is 3.04. The van der Waals surface area contributed by atoms with Crippen molar-refractivity contribution >= 4 is 5.97 Å². The van der Waals surface area contributed by atoms with E-state index in [0.29, 0.717) is 5.56 Å². The van der Waals surface area contributed by atoms with Crippen LogP contribution in [0.2, 0.25) is 0 Å². The zero-order valence-corrected chi connectivity index (χ0v) is 6.79. The quantitative estimate of drug-likeness (QED) is 0.389. The van der Waals surface area contributed by atoms with Gasteiger partial charge >= 0.3 is 5.97 Å². The van der Waals surface area contributed by atoms with E-state index in [4.69, 9.17) is 6.42 Å². The minimum absolute atomic E-state index is 0.129. The van der Waals surface area contributed by atoms with Crippen molar-refractivity contribution in [1.82, 2.24) is 0 Å². The van der Waals surface area contributed by atoms with Crippen molar-refractivity contribution in [3.05, 3.63) is 35.6 Å². The molecule has 0 spiro atoms. The molecule has 0 heterocycles. The van der Waals surface area contributed by atoms with Crippen LogP contribution in [-0.2, 0) is 16.1 Å². The largest absolute Gasteiger partial charge is 0.451 e. The lowest BCUT2D eigenvalue weighted by Crippen LogP contribution is -2.02. The third kappa shape index (κ3) is 2.60. The van der Waals surface area contributed by atoms with Crippen LogP contribution in [0, 0.1) is 18.2 Å². The van der Waals surface area contributed by atoms with Gasteiger partial charge in [0.05, 0.1) is 0 Å². The molecule has 13 heavy (non-hydrogen) atoms. The molecule has 0 N–H and O–H groups in total. The van der Waals surface area contributed by atoms with Crippen molar-refractivity contribution in [3.63, 3.8) is 0 Å². The molecule has 66 valence electrons. The van der Waals surface area contributed by atoms with E-state index in [9.17, 15) is 9.18 Å². The van der Waals surface area contributed by atoms with E-state index in [1.807, 2.05) is 0 Å². The maximum Gasteiger partial charge on any atom is 0.384 e. The summed E-state index contributed by atoms with van der Waals surface area (Å²) in [5.74, 6) is 0.573. The van der Waals surface area contributed by atoms with E-state index in [0.717, 1.165) is 0 Å². The Morgan fingerprint density at radius 3 is 2.85 bits per heavy atom. The second kappa shape index (κ2) is 4.27. The van der Waals surface area contributed by atoms with E-state index in [1.165, 1.54) is 12.1 Å². The van der Waals surface area contributed by atoms with Crippen molar-refractivity contribution in [1.29, 1.82) is 0 Å². The van der Waals surface area contributed by atoms with Crippen LogP contribution >= 0.6 is 0 Å². The average molecular weight is 178 g/mol. The minimum Gasteiger partial charge on any atom is -0.451 e. The summed E-state index contributed by atoms with van der Waals surface area (Å²) in [6.07, 6.45) is 4.76. The third-order valence-corrected chi connectivity index (χ3v) is 1.43. The van der Waals surface area contributed by atoms with Crippen molar-refractivity contribution in [3.8, 4) is 12.3 Å². The zero-order chi connectivity index (χ0) is 9.68. The maximum atomic E-state index is 12.9. The molecule has 0 unspecified atom stereocenters. The van der Waals surface area contributed by atoms with Crippen LogP contribution in [0.5, 0.6) is 0 Å². The molecule has 0 radical (unpaired) electrons. The number of carbonyl (C=O) groups excluding carboxylic acids is 1. The molecule has 1 aromatic carbocycles. The van der Waals surface area contributed by atoms with E-state index in [-0.39, 0.29) is 6.61 Å². The van der Waals surface area contributed by atoms with Gasteiger partial charge in [0, 0.05) is 11.5 Å². The molecule has 0 fully saturated rings. The molecular weight excluding hydrogens is 171 g/mol. The number of hydrogen-bond donors (Lipinski definition) is 0. The highest BCUT2D eigenvalue weighted by molar-refractivity contribution is 5.87. The van der Waals surface area contributed by atoms with Crippen LogP contribution < -0.4 is 0 Å². The molecule has 0 aliphatic carbocycles. The van der Waals surface area contributed by atoms with Gasteiger partial charge in [-0.15, -0.1) is 6.42 Å². The average Bonchev–Trinajstić information content (AvgIpc) is 2.16. The number of ether oxygens (including phenoxy) is 1. The normalized spacial score (nSPS) is 8.92. The van der Waals surface area contributed by atoms with Crippen molar-refractivity contribution < 1.29 is 13.9 Å². The molecule has 1 rings (SSSR count). The van der Waals surface area contributed by atoms with Crippen molar-refractivity contribution in [2.75, 3.05) is 0 Å². The Bertz CT molecular complexity index is 352. The molecular formula is C10H7FO2. The predicted octanol–water partition coefficient (Wildman–Crippen LogP) is 1.50. The first-order valence-corrected chi connectivity index (χ1v) is 3.61. The molecule has 0 atom stereocenters. The molecule has 0 amide bonds. The summed E-state index contributed by atoms with van der Waals surface area (Å²) in [5.41, 5.74) is 0.311. The summed E-state index contributed by atoms with van der Waals surface area (Å²) in [6, 6.07) is 6.03. The number of rotatable bonds is 2. The van der Waals surface area contributed by atoms with E-state index in [1.54, 1.807) is 18.1 Å². The monoisotopic (exact) mass is 178 g/mol. The van der Waals surface area contributed by atoms with Crippen LogP contribution in [0.15, 0.2) is 24.3 Å². The molecule has 1 aromatic rings. The summed E-state index contributed by atoms with van der Waals surface area (Å²) < 4.78 is 17.4. The number of esters is 1. The first-order valence-electron chi connectivity index (χ1n) is 3.61. The highest BCUT2D eigenvalue weighted by Crippen LogP contribution is 2.07. The smallest absolute Gasteiger partial charge is 0.384 e. The molecule has 0 saturated heterocycles. The Morgan fingerprint density at radius 1 is 1.54 bits per heavy atom. The van der Waals surface area contributed by atoms with Gasteiger partial charge in [-0.2, -0.15) is 0 Å². The fourth-order valence-electron chi connectivity index (χ4n) is 0.800. The van der Waals surface area contributed by atoms with Crippen LogP contribution in [-0.4, -0.2) is 5.97 Å². The second-order valence-electron chi connectivity index (χ2n) is 2.31. The summed E-state index contributed by atoms with van der Waals surface area (Å²) in [6.45, 7) is -0.129. The number of hydrogen-bond acceptors (Lipinski definition) is 2. The fourth-order valence-corrected chi connectivity index (χ4v) is 0.800. The summed E-state index contributed by atoms with van der Waals surface area (Å²) >= 11 is 0. The van der Waals surface area contributed by atoms with Gasteiger partial charge in [0.1, 0.15) is 12.4 Å². The Hall–Kier alpha value is -1.82. The zero-order valence-electron chi connectivity index (χ0n) is 6.79. The van der Waals surface area contributed by atoms with Gasteiger partial charge in [0.2, 0.25) is 0 Å². The highest BCUT2D eigenvalue weighted by atomic mass is 19.1. The fraction of sp³-hybridized carbons (Fsp3) is 0.100. The summed E-state index contributed by atoms with van der Waals surface area (Å²) in [7, 11) is 0. The van der Waals surface area contributed by atoms with E-state index in [2.05, 4.69) is 4.74 Å². The lowest BCUT2D eigenvalue weighted by Gasteiger charge is -2.01. The number of benzene rings is 1. The van der Waals surface area contributed by atoms with Crippen molar-refractivity contribution in [2.24, 2.45) is 0 Å². The van der Waals surface area contributed by atoms with Crippen LogP contribution in [0.25, 0.3) is 0 Å². The lowest BCUT2D eigenvalue weighted by atomic mass is 10.2. The van der Waals surface area contributed by atoms with Gasteiger partial charge in [-0.25, -0.2) is 9.18 Å². The summed E-state index contributed by atoms with van der Waals surface area (Å²) in [4.78, 5) is 10.5. The Labute approximate surface area is 75.3 Å². The Balaban J connectivity index is 2.61. The standard InChI is InChI=1S/C10H7FO2/c1-2-10(12)13-7-8-5-3-4-6-9(8)11/h1,3-6H,7H2. The molecule has 0 aliphatic rings. The first-order chi connectivity index (χ1) is 6.24. The van der Waals surface area contributed by atoms with E-state index < -0.39 is 11.8 Å². The lowest BCUT2D eigenvalue weighted by molar-refractivity contribution is -0.137. The highest BCUT2D eigenvalue weighted by Gasteiger charge is 2.02. The number of carbonyl (C=O) groups is 1. The SMILES string of the molecule is C#CC(=O)OCc1ccccc1F. The van der Waals surface area contributed by atoms with Crippen LogP contribution in [0.3, 0.4) is 0 Å². The molecule has 0 saturated carbocycles. The molecule has 0 aromatic heterocycles. The van der Waals surface area contributed by atoms with Crippen LogP contribution in [0.1, 0.15) is 5.56 Å². The topological polar surface area (TPSA) is 26.3 Å². The first kappa shape index (κ1) is 9.27. The van der Waals surface area contributed by atoms with Gasteiger partial charge < -0.3 is 4.74 Å². The van der Waals surface area contributed by atoms with Crippen LogP contribution in [0.4, 0.5) is 4.39 Å². The van der Waals surface area contributed by atoms with Gasteiger partial charge in [-0.3, -0.25) is 0 Å². The molecule has 0 bridgehead atoms. The van der Waals surface area contributed by atoms with Gasteiger partial charge in [0.25, 0.3) is 0 Å². The molecule has 2 nitrogen and oxygen atoms in total. The minimum atomic E-state index is -0.789. The second-order valence-corrected chi connectivity index (χ2v) is 2.31. The van der Waals surface area contributed by atoms with E-state index >= 15 is 0 Å². The number of halogens is 1. The number of terminal acetylenes is 1. The van der Waals surface area contributed by atoms with Gasteiger partial charge in [-0.05, 0) is 6.07 Å². The molecule has 3 heteroatoms. The third-order valence-electron chi connectivity index (χ3n) is 1.43. The molecule has 0 aliphatic heterocycles. The maximum absolute atomic E-state index is 12.9. The van der Waals surface area contributed by atoms with Gasteiger partial charge in [-0.1, -0.05) is 18.2 Å². The Morgan fingerprint density at radius 2 is 2.23 bits per heavy atom. The summed E-state index contributed by atoms with van der Waals surface area (Å²) in [5, 5.41) is 0.